The van der Waals surface area contributed by atoms with Gasteiger partial charge < -0.3 is 10.1 Å². The molecule has 92 valence electrons. The van der Waals surface area contributed by atoms with Crippen LogP contribution in [0.3, 0.4) is 0 Å². The van der Waals surface area contributed by atoms with Gasteiger partial charge in [-0.3, -0.25) is 4.79 Å². The number of ether oxygens (including phenoxy) is 1. The number of rotatable bonds is 3. The monoisotopic (exact) mass is 255 g/mol. The van der Waals surface area contributed by atoms with Crippen LogP contribution in [0.4, 0.5) is 0 Å². The van der Waals surface area contributed by atoms with Gasteiger partial charge in [-0.15, -0.1) is 10.2 Å². The highest BCUT2D eigenvalue weighted by Gasteiger charge is 2.24. The molecule has 6 heteroatoms. The molecule has 2 rings (SSSR count). The van der Waals surface area contributed by atoms with Crippen LogP contribution in [0.2, 0.25) is 5.15 Å². The highest BCUT2D eigenvalue weighted by Crippen LogP contribution is 2.19. The highest BCUT2D eigenvalue weighted by atomic mass is 35.5. The third kappa shape index (κ3) is 3.14. The molecule has 0 aromatic carbocycles. The summed E-state index contributed by atoms with van der Waals surface area (Å²) in [5.41, 5.74) is 0.279. The van der Waals surface area contributed by atoms with Gasteiger partial charge in [-0.2, -0.15) is 0 Å². The van der Waals surface area contributed by atoms with Gasteiger partial charge in [-0.05, 0) is 25.5 Å². The highest BCUT2D eigenvalue weighted by molar-refractivity contribution is 6.29. The van der Waals surface area contributed by atoms with Crippen LogP contribution < -0.4 is 5.32 Å². The summed E-state index contributed by atoms with van der Waals surface area (Å²) in [4.78, 5) is 11.7. The number of amides is 1. The summed E-state index contributed by atoms with van der Waals surface area (Å²) in [7, 11) is 0. The molecule has 1 N–H and O–H groups in total. The molecule has 0 spiro atoms. The molecular weight excluding hydrogens is 242 g/mol. The van der Waals surface area contributed by atoms with Gasteiger partial charge in [0.15, 0.2) is 10.8 Å². The van der Waals surface area contributed by atoms with Crippen molar-refractivity contribution in [1.29, 1.82) is 0 Å². The van der Waals surface area contributed by atoms with E-state index in [0.717, 1.165) is 13.0 Å². The van der Waals surface area contributed by atoms with E-state index in [4.69, 9.17) is 16.3 Å². The summed E-state index contributed by atoms with van der Waals surface area (Å²) < 4.78 is 5.42. The Balaban J connectivity index is 1.87. The minimum absolute atomic E-state index is 0.201. The van der Waals surface area contributed by atoms with E-state index in [9.17, 15) is 4.79 Å². The SMILES string of the molecule is CC1OCCC1CNC(=O)c1ccc(Cl)nn1. The quantitative estimate of drug-likeness (QED) is 0.884. The fraction of sp³-hybridized carbons (Fsp3) is 0.545. The standard InChI is InChI=1S/C11H14ClN3O2/c1-7-8(4-5-17-7)6-13-11(16)9-2-3-10(12)15-14-9/h2-3,7-8H,4-6H2,1H3,(H,13,16). The molecular formula is C11H14ClN3O2. The molecule has 1 fully saturated rings. The first kappa shape index (κ1) is 12.3. The maximum Gasteiger partial charge on any atom is 0.271 e. The average molecular weight is 256 g/mol. The Labute approximate surface area is 105 Å². The zero-order valence-corrected chi connectivity index (χ0v) is 10.3. The first-order chi connectivity index (χ1) is 8.16. The van der Waals surface area contributed by atoms with E-state index in [-0.39, 0.29) is 22.9 Å². The van der Waals surface area contributed by atoms with Crippen molar-refractivity contribution in [3.8, 4) is 0 Å². The van der Waals surface area contributed by atoms with Crippen LogP contribution in [0, 0.1) is 5.92 Å². The largest absolute Gasteiger partial charge is 0.378 e. The Kier molecular flexibility index (Phi) is 3.91. The number of hydrogen-bond acceptors (Lipinski definition) is 4. The normalized spacial score (nSPS) is 23.6. The molecule has 0 bridgehead atoms. The number of aromatic nitrogens is 2. The van der Waals surface area contributed by atoms with Gasteiger partial charge >= 0.3 is 0 Å². The molecule has 1 aromatic heterocycles. The number of hydrogen-bond donors (Lipinski definition) is 1. The van der Waals surface area contributed by atoms with Crippen LogP contribution in [0.5, 0.6) is 0 Å². The zero-order chi connectivity index (χ0) is 12.3. The molecule has 2 heterocycles. The summed E-state index contributed by atoms with van der Waals surface area (Å²) in [5, 5.41) is 10.4. The smallest absolute Gasteiger partial charge is 0.271 e. The van der Waals surface area contributed by atoms with Crippen LogP contribution in [-0.4, -0.2) is 35.4 Å². The van der Waals surface area contributed by atoms with E-state index in [1.807, 2.05) is 6.92 Å². The van der Waals surface area contributed by atoms with E-state index in [2.05, 4.69) is 15.5 Å². The van der Waals surface area contributed by atoms with Gasteiger partial charge in [-0.25, -0.2) is 0 Å². The third-order valence-electron chi connectivity index (χ3n) is 2.92. The Bertz CT molecular complexity index is 396. The topological polar surface area (TPSA) is 64.1 Å². The molecule has 0 aliphatic carbocycles. The van der Waals surface area contributed by atoms with Gasteiger partial charge in [-0.1, -0.05) is 11.6 Å². The maximum atomic E-state index is 11.7. The lowest BCUT2D eigenvalue weighted by molar-refractivity contribution is 0.0902. The summed E-state index contributed by atoms with van der Waals surface area (Å²) in [6.07, 6.45) is 1.18. The van der Waals surface area contributed by atoms with E-state index < -0.39 is 0 Å². The number of halogens is 1. The minimum Gasteiger partial charge on any atom is -0.378 e. The fourth-order valence-electron chi connectivity index (χ4n) is 1.80. The van der Waals surface area contributed by atoms with Crippen LogP contribution in [-0.2, 0) is 4.74 Å². The molecule has 1 amide bonds. The molecule has 17 heavy (non-hydrogen) atoms. The van der Waals surface area contributed by atoms with Crippen molar-refractivity contribution in [3.05, 3.63) is 23.0 Å². The van der Waals surface area contributed by atoms with Gasteiger partial charge in [0.25, 0.3) is 5.91 Å². The summed E-state index contributed by atoms with van der Waals surface area (Å²) in [6.45, 7) is 3.39. The van der Waals surface area contributed by atoms with Crippen molar-refractivity contribution in [3.63, 3.8) is 0 Å². The molecule has 1 aliphatic heterocycles. The number of nitrogens with zero attached hydrogens (tertiary/aromatic N) is 2. The van der Waals surface area contributed by atoms with Crippen molar-refractivity contribution < 1.29 is 9.53 Å². The fourth-order valence-corrected chi connectivity index (χ4v) is 1.90. The number of nitrogens with one attached hydrogen (secondary N) is 1. The molecule has 0 saturated carbocycles. The van der Waals surface area contributed by atoms with Crippen LogP contribution >= 0.6 is 11.6 Å². The van der Waals surface area contributed by atoms with E-state index in [1.165, 1.54) is 0 Å². The number of carbonyl (C=O) groups is 1. The Morgan fingerprint density at radius 3 is 3.00 bits per heavy atom. The molecule has 1 saturated heterocycles. The van der Waals surface area contributed by atoms with Crippen molar-refractivity contribution in [2.45, 2.75) is 19.4 Å². The van der Waals surface area contributed by atoms with E-state index in [1.54, 1.807) is 12.1 Å². The van der Waals surface area contributed by atoms with Gasteiger partial charge in [0.05, 0.1) is 6.10 Å². The lowest BCUT2D eigenvalue weighted by Crippen LogP contribution is -2.32. The molecule has 2 atom stereocenters. The average Bonchev–Trinajstić information content (AvgIpc) is 2.73. The molecule has 0 radical (unpaired) electrons. The van der Waals surface area contributed by atoms with Gasteiger partial charge in [0.2, 0.25) is 0 Å². The lowest BCUT2D eigenvalue weighted by Gasteiger charge is -2.14. The Morgan fingerprint density at radius 2 is 2.41 bits per heavy atom. The van der Waals surface area contributed by atoms with Crippen LogP contribution in [0.1, 0.15) is 23.8 Å². The predicted molar refractivity (Wildman–Crippen MR) is 62.9 cm³/mol. The van der Waals surface area contributed by atoms with Gasteiger partial charge in [0, 0.05) is 19.1 Å². The molecule has 2 unspecified atom stereocenters. The first-order valence-electron chi connectivity index (χ1n) is 5.56. The second-order valence-corrected chi connectivity index (χ2v) is 4.46. The summed E-state index contributed by atoms with van der Waals surface area (Å²) in [6, 6.07) is 3.10. The maximum absolute atomic E-state index is 11.7. The Morgan fingerprint density at radius 1 is 1.59 bits per heavy atom. The predicted octanol–water partition coefficient (Wildman–Crippen LogP) is 1.28. The zero-order valence-electron chi connectivity index (χ0n) is 9.52. The third-order valence-corrected chi connectivity index (χ3v) is 3.12. The minimum atomic E-state index is -0.228. The molecule has 1 aliphatic rings. The number of carbonyl (C=O) groups excluding carboxylic acids is 1. The van der Waals surface area contributed by atoms with Crippen LogP contribution in [0.15, 0.2) is 12.1 Å². The summed E-state index contributed by atoms with van der Waals surface area (Å²) >= 11 is 5.59. The van der Waals surface area contributed by atoms with E-state index in [0.29, 0.717) is 12.5 Å². The second kappa shape index (κ2) is 5.42. The molecule has 1 aromatic rings. The van der Waals surface area contributed by atoms with Gasteiger partial charge in [0.1, 0.15) is 0 Å². The van der Waals surface area contributed by atoms with Crippen molar-refractivity contribution >= 4 is 17.5 Å². The van der Waals surface area contributed by atoms with Crippen molar-refractivity contribution in [1.82, 2.24) is 15.5 Å². The Hall–Kier alpha value is -1.20. The van der Waals surface area contributed by atoms with E-state index >= 15 is 0 Å². The second-order valence-electron chi connectivity index (χ2n) is 4.08. The molecule has 5 nitrogen and oxygen atoms in total. The summed E-state index contributed by atoms with van der Waals surface area (Å²) in [5.74, 6) is 0.146. The van der Waals surface area contributed by atoms with Crippen LogP contribution in [0.25, 0.3) is 0 Å². The van der Waals surface area contributed by atoms with Crippen molar-refractivity contribution in [2.24, 2.45) is 5.92 Å². The lowest BCUT2D eigenvalue weighted by atomic mass is 10.0. The first-order valence-corrected chi connectivity index (χ1v) is 5.93. The van der Waals surface area contributed by atoms with Crippen molar-refractivity contribution in [2.75, 3.05) is 13.2 Å².